The minimum absolute atomic E-state index is 0.164. The van der Waals surface area contributed by atoms with Crippen molar-refractivity contribution in [3.05, 3.63) is 83.4 Å². The summed E-state index contributed by atoms with van der Waals surface area (Å²) >= 11 is 0. The molecule has 0 aliphatic rings. The molecule has 0 bridgehead atoms. The van der Waals surface area contributed by atoms with Crippen LogP contribution in [0.1, 0.15) is 27.9 Å². The monoisotopic (exact) mass is 472 g/mol. The molecule has 0 unspecified atom stereocenters. The zero-order valence-electron chi connectivity index (χ0n) is 17.8. The Morgan fingerprint density at radius 2 is 1.62 bits per heavy atom. The Balaban J connectivity index is 1.77. The van der Waals surface area contributed by atoms with Gasteiger partial charge in [0, 0.05) is 5.56 Å². The van der Waals surface area contributed by atoms with Crippen LogP contribution in [-0.4, -0.2) is 17.8 Å². The largest absolute Gasteiger partial charge is 0.457 e. The maximum absolute atomic E-state index is 13.3. The number of ketones is 1. The van der Waals surface area contributed by atoms with E-state index < -0.39 is 41.6 Å². The van der Waals surface area contributed by atoms with Gasteiger partial charge in [-0.15, -0.1) is 0 Å². The lowest BCUT2D eigenvalue weighted by Crippen LogP contribution is -2.21. The molecule has 2 amide bonds. The van der Waals surface area contributed by atoms with Crippen LogP contribution in [0, 0.1) is 6.92 Å². The molecule has 0 atom stereocenters. The van der Waals surface area contributed by atoms with Crippen molar-refractivity contribution in [1.82, 2.24) is 0 Å². The summed E-state index contributed by atoms with van der Waals surface area (Å²) in [6.45, 7) is 1.16. The predicted octanol–water partition coefficient (Wildman–Crippen LogP) is 5.48. The molecule has 3 aromatic carbocycles. The van der Waals surface area contributed by atoms with Crippen LogP contribution in [0.15, 0.2) is 66.7 Å². The number of halogens is 3. The highest BCUT2D eigenvalue weighted by atomic mass is 19.4. The van der Waals surface area contributed by atoms with Crippen LogP contribution in [-0.2, 0) is 11.0 Å². The number of aryl methyl sites for hydroxylation is 1. The molecule has 0 aliphatic carbocycles. The minimum atomic E-state index is -4.72. The Morgan fingerprint density at radius 3 is 2.26 bits per heavy atom. The number of amides is 2. The summed E-state index contributed by atoms with van der Waals surface area (Å²) in [7, 11) is 0. The Morgan fingerprint density at radius 1 is 0.941 bits per heavy atom. The molecule has 0 radical (unpaired) electrons. The normalized spacial score (nSPS) is 10.9. The summed E-state index contributed by atoms with van der Waals surface area (Å²) in [5.41, 5.74) is 3.39. The molecule has 34 heavy (non-hydrogen) atoms. The molecule has 3 N–H and O–H groups in total. The first kappa shape index (κ1) is 24.3. The van der Waals surface area contributed by atoms with Crippen LogP contribution in [0.5, 0.6) is 17.2 Å². The summed E-state index contributed by atoms with van der Waals surface area (Å²) in [6, 6.07) is 16.5. The Hall–Kier alpha value is -4.34. The Bertz CT molecular complexity index is 1230. The average Bonchev–Trinajstić information content (AvgIpc) is 2.75. The molecule has 3 aromatic rings. The van der Waals surface area contributed by atoms with E-state index >= 15 is 0 Å². The number of carbonyl (C=O) groups is 3. The lowest BCUT2D eigenvalue weighted by Gasteiger charge is -2.16. The topological polar surface area (TPSA) is 108 Å². The molecule has 0 saturated carbocycles. The van der Waals surface area contributed by atoms with Gasteiger partial charge in [-0.1, -0.05) is 30.3 Å². The van der Waals surface area contributed by atoms with Gasteiger partial charge in [0.25, 0.3) is 0 Å². The van der Waals surface area contributed by atoms with E-state index in [9.17, 15) is 27.6 Å². The number of nitrogens with two attached hydrogens (primary N) is 1. The minimum Gasteiger partial charge on any atom is -0.457 e. The third kappa shape index (κ3) is 6.35. The van der Waals surface area contributed by atoms with Gasteiger partial charge in [-0.2, -0.15) is 13.2 Å². The van der Waals surface area contributed by atoms with Crippen molar-refractivity contribution in [2.45, 2.75) is 19.5 Å². The van der Waals surface area contributed by atoms with Gasteiger partial charge in [0.05, 0.1) is 17.7 Å². The number of rotatable bonds is 7. The number of primary amides is 1. The number of nitrogens with one attached hydrogen (secondary N) is 1. The zero-order chi connectivity index (χ0) is 24.9. The fourth-order valence-electron chi connectivity index (χ4n) is 3.08. The van der Waals surface area contributed by atoms with Crippen molar-refractivity contribution < 1.29 is 37.0 Å². The van der Waals surface area contributed by atoms with E-state index in [1.807, 2.05) is 6.07 Å². The van der Waals surface area contributed by atoms with Gasteiger partial charge in [-0.3, -0.25) is 9.59 Å². The summed E-state index contributed by atoms with van der Waals surface area (Å²) in [4.78, 5) is 36.2. The molecule has 7 nitrogen and oxygen atoms in total. The van der Waals surface area contributed by atoms with Gasteiger partial charge in [0.15, 0.2) is 11.5 Å². The number of hydrogen-bond acceptors (Lipinski definition) is 5. The first-order valence-electron chi connectivity index (χ1n) is 9.88. The fraction of sp³-hybridized carbons (Fsp3) is 0.125. The molecule has 10 heteroatoms. The standard InChI is InChI=1S/C24H19F3N2O5/c1-14-10-21(34-23(28)32)19(12-18(14)24(25,26)27)29-22(31)13-20(30)15-6-5-9-17(11-15)33-16-7-3-2-4-8-16/h2-12H,13H2,1H3,(H2,28,32)(H,29,31). The maximum Gasteiger partial charge on any atom is 0.416 e. The van der Waals surface area contributed by atoms with E-state index in [4.69, 9.17) is 15.2 Å². The van der Waals surface area contributed by atoms with E-state index in [0.717, 1.165) is 13.0 Å². The van der Waals surface area contributed by atoms with E-state index in [-0.39, 0.29) is 16.9 Å². The van der Waals surface area contributed by atoms with E-state index in [2.05, 4.69) is 5.32 Å². The predicted molar refractivity (Wildman–Crippen MR) is 117 cm³/mol. The van der Waals surface area contributed by atoms with Gasteiger partial charge < -0.3 is 20.5 Å². The quantitative estimate of drug-likeness (QED) is 0.350. The highest BCUT2D eigenvalue weighted by Gasteiger charge is 2.34. The number of carbonyl (C=O) groups excluding carboxylic acids is 3. The molecule has 0 aliphatic heterocycles. The van der Waals surface area contributed by atoms with Crippen molar-refractivity contribution in [3.8, 4) is 17.2 Å². The molecule has 0 fully saturated rings. The highest BCUT2D eigenvalue weighted by molar-refractivity contribution is 6.11. The van der Waals surface area contributed by atoms with Crippen molar-refractivity contribution in [1.29, 1.82) is 0 Å². The number of anilines is 1. The third-order valence-corrected chi connectivity index (χ3v) is 4.57. The van der Waals surface area contributed by atoms with E-state index in [0.29, 0.717) is 17.6 Å². The summed E-state index contributed by atoms with van der Waals surface area (Å²) < 4.78 is 50.2. The Kier molecular flexibility index (Phi) is 7.20. The van der Waals surface area contributed by atoms with Gasteiger partial charge in [0.1, 0.15) is 11.5 Å². The third-order valence-electron chi connectivity index (χ3n) is 4.57. The molecule has 0 saturated heterocycles. The second-order valence-corrected chi connectivity index (χ2v) is 7.17. The van der Waals surface area contributed by atoms with Crippen molar-refractivity contribution in [3.63, 3.8) is 0 Å². The number of alkyl halides is 3. The smallest absolute Gasteiger partial charge is 0.416 e. The molecule has 3 rings (SSSR count). The number of para-hydroxylation sites is 1. The van der Waals surface area contributed by atoms with E-state index in [1.54, 1.807) is 36.4 Å². The van der Waals surface area contributed by atoms with Gasteiger partial charge in [-0.25, -0.2) is 4.79 Å². The lowest BCUT2D eigenvalue weighted by molar-refractivity contribution is -0.138. The molecule has 0 aromatic heterocycles. The SMILES string of the molecule is Cc1cc(OC(N)=O)c(NC(=O)CC(=O)c2cccc(Oc3ccccc3)c2)cc1C(F)(F)F. The summed E-state index contributed by atoms with van der Waals surface area (Å²) in [6.07, 6.45) is -6.68. The average molecular weight is 472 g/mol. The number of benzene rings is 3. The zero-order valence-corrected chi connectivity index (χ0v) is 17.8. The van der Waals surface area contributed by atoms with Crippen LogP contribution in [0.25, 0.3) is 0 Å². The molecule has 176 valence electrons. The lowest BCUT2D eigenvalue weighted by atomic mass is 10.1. The van der Waals surface area contributed by atoms with Crippen LogP contribution >= 0.6 is 0 Å². The summed E-state index contributed by atoms with van der Waals surface area (Å²) in [5.74, 6) is -0.978. The molecule has 0 spiro atoms. The first-order valence-corrected chi connectivity index (χ1v) is 9.88. The van der Waals surface area contributed by atoms with Crippen molar-refractivity contribution >= 4 is 23.5 Å². The van der Waals surface area contributed by atoms with Gasteiger partial charge in [0.2, 0.25) is 5.91 Å². The van der Waals surface area contributed by atoms with Crippen LogP contribution in [0.2, 0.25) is 0 Å². The van der Waals surface area contributed by atoms with Crippen molar-refractivity contribution in [2.24, 2.45) is 5.73 Å². The second-order valence-electron chi connectivity index (χ2n) is 7.17. The second kappa shape index (κ2) is 10.1. The highest BCUT2D eigenvalue weighted by Crippen LogP contribution is 2.38. The number of ether oxygens (including phenoxy) is 2. The van der Waals surface area contributed by atoms with Gasteiger partial charge >= 0.3 is 12.3 Å². The number of Topliss-reactive ketones (excluding diaryl/α,β-unsaturated/α-hetero) is 1. The molecule has 0 heterocycles. The van der Waals surface area contributed by atoms with Crippen molar-refractivity contribution in [2.75, 3.05) is 5.32 Å². The molecular weight excluding hydrogens is 453 g/mol. The van der Waals surface area contributed by atoms with Crippen LogP contribution in [0.3, 0.4) is 0 Å². The fourth-order valence-corrected chi connectivity index (χ4v) is 3.08. The Labute approximate surface area is 192 Å². The summed E-state index contributed by atoms with van der Waals surface area (Å²) in [5, 5.41) is 2.19. The number of hydrogen-bond donors (Lipinski definition) is 2. The molecular formula is C24H19F3N2O5. The first-order chi connectivity index (χ1) is 16.0. The maximum atomic E-state index is 13.3. The van der Waals surface area contributed by atoms with Crippen LogP contribution < -0.4 is 20.5 Å². The van der Waals surface area contributed by atoms with Crippen LogP contribution in [0.4, 0.5) is 23.7 Å². The van der Waals surface area contributed by atoms with Gasteiger partial charge in [-0.05, 0) is 48.9 Å². The van der Waals surface area contributed by atoms with E-state index in [1.165, 1.54) is 12.1 Å².